The van der Waals surface area contributed by atoms with Crippen molar-refractivity contribution < 1.29 is 4.79 Å². The molecule has 13 heavy (non-hydrogen) atoms. The van der Waals surface area contributed by atoms with Crippen LogP contribution in [0.4, 0.5) is 0 Å². The van der Waals surface area contributed by atoms with Crippen LogP contribution in [0.2, 0.25) is 0 Å². The standard InChI is InChI=1S/C12H20O/c1-5-7-8-12(6-2,10-13)9-11(3)4/h7-8,10H,3,5-6,9H2,1-2,4H3/b8-7+. The molecule has 0 saturated carbocycles. The molecule has 0 aromatic carbocycles. The number of rotatable bonds is 6. The summed E-state index contributed by atoms with van der Waals surface area (Å²) in [5, 5.41) is 0. The molecular weight excluding hydrogens is 160 g/mol. The van der Waals surface area contributed by atoms with Gasteiger partial charge in [-0.05, 0) is 26.2 Å². The summed E-state index contributed by atoms with van der Waals surface area (Å²) in [6.07, 6.45) is 7.72. The van der Waals surface area contributed by atoms with Crippen LogP contribution in [-0.4, -0.2) is 6.29 Å². The molecule has 0 aromatic rings. The Labute approximate surface area is 81.5 Å². The highest BCUT2D eigenvalue weighted by Crippen LogP contribution is 2.29. The minimum atomic E-state index is -0.304. The molecule has 1 atom stereocenters. The van der Waals surface area contributed by atoms with Crippen LogP contribution in [-0.2, 0) is 4.79 Å². The molecule has 0 aliphatic carbocycles. The highest BCUT2D eigenvalue weighted by atomic mass is 16.1. The van der Waals surface area contributed by atoms with Crippen molar-refractivity contribution in [1.29, 1.82) is 0 Å². The van der Waals surface area contributed by atoms with E-state index in [0.29, 0.717) is 0 Å². The Hall–Kier alpha value is -0.850. The van der Waals surface area contributed by atoms with Crippen molar-refractivity contribution >= 4 is 6.29 Å². The Balaban J connectivity index is 4.58. The summed E-state index contributed by atoms with van der Waals surface area (Å²) in [4.78, 5) is 11.0. The van der Waals surface area contributed by atoms with Crippen molar-refractivity contribution in [1.82, 2.24) is 0 Å². The van der Waals surface area contributed by atoms with Gasteiger partial charge < -0.3 is 4.79 Å². The van der Waals surface area contributed by atoms with Crippen molar-refractivity contribution in [2.75, 3.05) is 0 Å². The first kappa shape index (κ1) is 12.2. The van der Waals surface area contributed by atoms with E-state index in [2.05, 4.69) is 19.6 Å². The summed E-state index contributed by atoms with van der Waals surface area (Å²) in [5.41, 5.74) is 0.761. The topological polar surface area (TPSA) is 17.1 Å². The van der Waals surface area contributed by atoms with Gasteiger partial charge in [-0.2, -0.15) is 0 Å². The average molecular weight is 180 g/mol. The minimum Gasteiger partial charge on any atom is -0.302 e. The zero-order chi connectivity index (χ0) is 10.3. The predicted octanol–water partition coefficient (Wildman–Crippen LogP) is 3.51. The fraction of sp³-hybridized carbons (Fsp3) is 0.583. The molecule has 0 aromatic heterocycles. The van der Waals surface area contributed by atoms with Gasteiger partial charge in [-0.1, -0.05) is 31.6 Å². The van der Waals surface area contributed by atoms with Crippen LogP contribution in [0.5, 0.6) is 0 Å². The van der Waals surface area contributed by atoms with Crippen molar-refractivity contribution in [2.24, 2.45) is 5.41 Å². The van der Waals surface area contributed by atoms with Crippen molar-refractivity contribution in [3.63, 3.8) is 0 Å². The number of hydrogen-bond acceptors (Lipinski definition) is 1. The van der Waals surface area contributed by atoms with Crippen molar-refractivity contribution in [2.45, 2.75) is 40.0 Å². The van der Waals surface area contributed by atoms with E-state index in [1.807, 2.05) is 19.9 Å². The Kier molecular flexibility index (Phi) is 5.36. The normalized spacial score (nSPS) is 15.6. The summed E-state index contributed by atoms with van der Waals surface area (Å²) in [6.45, 7) is 9.93. The van der Waals surface area contributed by atoms with E-state index in [4.69, 9.17) is 0 Å². The maximum atomic E-state index is 11.0. The third kappa shape index (κ3) is 4.07. The molecule has 0 aliphatic heterocycles. The molecule has 0 bridgehead atoms. The molecule has 0 amide bonds. The molecule has 1 heteroatoms. The van der Waals surface area contributed by atoms with Gasteiger partial charge in [0.05, 0.1) is 0 Å². The summed E-state index contributed by atoms with van der Waals surface area (Å²) < 4.78 is 0. The fourth-order valence-corrected chi connectivity index (χ4v) is 1.38. The van der Waals surface area contributed by atoms with Gasteiger partial charge in [0.1, 0.15) is 6.29 Å². The largest absolute Gasteiger partial charge is 0.302 e. The minimum absolute atomic E-state index is 0.304. The van der Waals surface area contributed by atoms with Crippen molar-refractivity contribution in [3.8, 4) is 0 Å². The summed E-state index contributed by atoms with van der Waals surface area (Å²) in [6, 6.07) is 0. The highest BCUT2D eigenvalue weighted by Gasteiger charge is 2.23. The first-order valence-corrected chi connectivity index (χ1v) is 4.88. The van der Waals surface area contributed by atoms with Crippen LogP contribution < -0.4 is 0 Å². The van der Waals surface area contributed by atoms with Crippen LogP contribution >= 0.6 is 0 Å². The lowest BCUT2D eigenvalue weighted by molar-refractivity contribution is -0.114. The van der Waals surface area contributed by atoms with Gasteiger partial charge in [-0.25, -0.2) is 0 Å². The Bertz CT molecular complexity index is 203. The highest BCUT2D eigenvalue weighted by molar-refractivity contribution is 5.63. The number of allylic oxidation sites excluding steroid dienone is 3. The summed E-state index contributed by atoms with van der Waals surface area (Å²) >= 11 is 0. The van der Waals surface area contributed by atoms with E-state index in [-0.39, 0.29) is 5.41 Å². The number of carbonyl (C=O) groups excluding carboxylic acids is 1. The smallest absolute Gasteiger partial charge is 0.130 e. The zero-order valence-electron chi connectivity index (χ0n) is 8.97. The van der Waals surface area contributed by atoms with Gasteiger partial charge in [-0.15, -0.1) is 6.58 Å². The molecule has 1 nitrogen and oxygen atoms in total. The fourth-order valence-electron chi connectivity index (χ4n) is 1.38. The van der Waals surface area contributed by atoms with Gasteiger partial charge in [0.2, 0.25) is 0 Å². The van der Waals surface area contributed by atoms with Crippen LogP contribution in [0, 0.1) is 5.41 Å². The van der Waals surface area contributed by atoms with Gasteiger partial charge >= 0.3 is 0 Å². The SMILES string of the molecule is C=C(C)CC(C=O)(/C=C/CC)CC. The third-order valence-electron chi connectivity index (χ3n) is 2.21. The van der Waals surface area contributed by atoms with Crippen LogP contribution in [0.1, 0.15) is 40.0 Å². The first-order chi connectivity index (χ1) is 6.10. The second-order valence-electron chi connectivity index (χ2n) is 3.65. The zero-order valence-corrected chi connectivity index (χ0v) is 8.97. The third-order valence-corrected chi connectivity index (χ3v) is 2.21. The molecular formula is C12H20O. The van der Waals surface area contributed by atoms with E-state index in [0.717, 1.165) is 31.1 Å². The van der Waals surface area contributed by atoms with Gasteiger partial charge in [0.25, 0.3) is 0 Å². The maximum absolute atomic E-state index is 11.0. The van der Waals surface area contributed by atoms with E-state index in [1.165, 1.54) is 0 Å². The number of hydrogen-bond donors (Lipinski definition) is 0. The lowest BCUT2D eigenvalue weighted by Crippen LogP contribution is -2.18. The Morgan fingerprint density at radius 1 is 1.46 bits per heavy atom. The first-order valence-electron chi connectivity index (χ1n) is 4.88. The monoisotopic (exact) mass is 180 g/mol. The molecule has 0 aliphatic rings. The molecule has 0 heterocycles. The van der Waals surface area contributed by atoms with Gasteiger partial charge in [0, 0.05) is 5.41 Å². The summed E-state index contributed by atoms with van der Waals surface area (Å²) in [7, 11) is 0. The molecule has 0 saturated heterocycles. The number of aldehydes is 1. The summed E-state index contributed by atoms with van der Waals surface area (Å²) in [5.74, 6) is 0. The van der Waals surface area contributed by atoms with Crippen LogP contribution in [0.15, 0.2) is 24.3 Å². The molecule has 0 spiro atoms. The maximum Gasteiger partial charge on any atom is 0.130 e. The lowest BCUT2D eigenvalue weighted by Gasteiger charge is -2.22. The molecule has 0 N–H and O–H groups in total. The van der Waals surface area contributed by atoms with E-state index >= 15 is 0 Å². The molecule has 0 rings (SSSR count). The van der Waals surface area contributed by atoms with Crippen LogP contribution in [0.3, 0.4) is 0 Å². The second-order valence-corrected chi connectivity index (χ2v) is 3.65. The number of carbonyl (C=O) groups is 1. The van der Waals surface area contributed by atoms with E-state index in [9.17, 15) is 4.79 Å². The molecule has 74 valence electrons. The molecule has 0 fully saturated rings. The lowest BCUT2D eigenvalue weighted by atomic mass is 9.80. The van der Waals surface area contributed by atoms with Gasteiger partial charge in [-0.3, -0.25) is 0 Å². The van der Waals surface area contributed by atoms with E-state index < -0.39 is 0 Å². The quantitative estimate of drug-likeness (QED) is 0.451. The molecule has 0 radical (unpaired) electrons. The second kappa shape index (κ2) is 5.74. The Morgan fingerprint density at radius 3 is 2.38 bits per heavy atom. The Morgan fingerprint density at radius 2 is 2.08 bits per heavy atom. The van der Waals surface area contributed by atoms with Crippen LogP contribution in [0.25, 0.3) is 0 Å². The molecule has 1 unspecified atom stereocenters. The predicted molar refractivity (Wildman–Crippen MR) is 57.7 cm³/mol. The van der Waals surface area contributed by atoms with Crippen molar-refractivity contribution in [3.05, 3.63) is 24.3 Å². The van der Waals surface area contributed by atoms with Gasteiger partial charge in [0.15, 0.2) is 0 Å². The average Bonchev–Trinajstić information content (AvgIpc) is 2.12. The van der Waals surface area contributed by atoms with E-state index in [1.54, 1.807) is 0 Å².